The lowest BCUT2D eigenvalue weighted by Crippen LogP contribution is -2.26. The fourth-order valence-electron chi connectivity index (χ4n) is 3.15. The second-order valence-electron chi connectivity index (χ2n) is 6.95. The summed E-state index contributed by atoms with van der Waals surface area (Å²) in [5, 5.41) is 3.00. The Morgan fingerprint density at radius 3 is 2.13 bits per heavy atom. The van der Waals surface area contributed by atoms with E-state index in [1.807, 2.05) is 55.5 Å². The highest BCUT2D eigenvalue weighted by atomic mass is 16.5. The number of hydrogen-bond donors (Lipinski definition) is 1. The first-order valence-corrected chi connectivity index (χ1v) is 9.93. The van der Waals surface area contributed by atoms with Crippen LogP contribution in [0.25, 0.3) is 0 Å². The number of amides is 1. The molecule has 1 unspecified atom stereocenters. The van der Waals surface area contributed by atoms with E-state index < -0.39 is 0 Å². The Morgan fingerprint density at radius 2 is 1.45 bits per heavy atom. The van der Waals surface area contributed by atoms with Gasteiger partial charge >= 0.3 is 0 Å². The van der Waals surface area contributed by atoms with Crippen LogP contribution in [-0.2, 0) is 6.61 Å². The molecule has 0 aromatic heterocycles. The molecule has 3 rings (SSSR count). The predicted octanol–water partition coefficient (Wildman–Crippen LogP) is 4.78. The molecule has 162 valence electrons. The van der Waals surface area contributed by atoms with Gasteiger partial charge in [0.05, 0.1) is 27.4 Å². The summed E-state index contributed by atoms with van der Waals surface area (Å²) in [6, 6.07) is 20.3. The molecule has 0 aliphatic carbocycles. The molecule has 0 heterocycles. The van der Waals surface area contributed by atoms with E-state index in [-0.39, 0.29) is 11.9 Å². The Balaban J connectivity index is 1.69. The number of rotatable bonds is 9. The second-order valence-corrected chi connectivity index (χ2v) is 6.95. The van der Waals surface area contributed by atoms with Crippen molar-refractivity contribution in [1.82, 2.24) is 5.32 Å². The lowest BCUT2D eigenvalue weighted by atomic mass is 10.1. The summed E-state index contributed by atoms with van der Waals surface area (Å²) in [5.41, 5.74) is 2.44. The number of hydrogen-bond acceptors (Lipinski definition) is 5. The molecule has 1 atom stereocenters. The molecule has 0 fully saturated rings. The Bertz CT molecular complexity index is 1020. The Kier molecular flexibility index (Phi) is 7.38. The lowest BCUT2D eigenvalue weighted by molar-refractivity contribution is 0.0939. The Morgan fingerprint density at radius 1 is 0.806 bits per heavy atom. The van der Waals surface area contributed by atoms with Crippen LogP contribution in [0.3, 0.4) is 0 Å². The quantitative estimate of drug-likeness (QED) is 0.539. The monoisotopic (exact) mass is 421 g/mol. The minimum atomic E-state index is -0.229. The van der Waals surface area contributed by atoms with Crippen molar-refractivity contribution in [3.63, 3.8) is 0 Å². The third-order valence-electron chi connectivity index (χ3n) is 4.92. The summed E-state index contributed by atoms with van der Waals surface area (Å²) in [6.45, 7) is 2.33. The van der Waals surface area contributed by atoms with E-state index in [0.29, 0.717) is 35.2 Å². The van der Waals surface area contributed by atoms with Crippen molar-refractivity contribution in [3.8, 4) is 23.0 Å². The van der Waals surface area contributed by atoms with Crippen LogP contribution in [0, 0.1) is 0 Å². The van der Waals surface area contributed by atoms with E-state index in [2.05, 4.69) is 5.32 Å². The van der Waals surface area contributed by atoms with Crippen LogP contribution in [0.1, 0.15) is 34.5 Å². The van der Waals surface area contributed by atoms with Crippen molar-refractivity contribution in [2.24, 2.45) is 0 Å². The number of benzene rings is 3. The molecule has 0 radical (unpaired) electrons. The molecule has 6 heteroatoms. The van der Waals surface area contributed by atoms with E-state index in [4.69, 9.17) is 18.9 Å². The molecule has 3 aromatic rings. The third-order valence-corrected chi connectivity index (χ3v) is 4.92. The van der Waals surface area contributed by atoms with Crippen molar-refractivity contribution < 1.29 is 23.7 Å². The minimum absolute atomic E-state index is 0.213. The van der Waals surface area contributed by atoms with E-state index >= 15 is 0 Å². The molecule has 0 saturated carbocycles. The molecular weight excluding hydrogens is 394 g/mol. The molecule has 3 aromatic carbocycles. The first-order chi connectivity index (χ1) is 15.0. The third kappa shape index (κ3) is 5.48. The second kappa shape index (κ2) is 10.4. The molecule has 31 heavy (non-hydrogen) atoms. The summed E-state index contributed by atoms with van der Waals surface area (Å²) in [4.78, 5) is 12.8. The fourth-order valence-corrected chi connectivity index (χ4v) is 3.15. The molecule has 6 nitrogen and oxygen atoms in total. The normalized spacial score (nSPS) is 11.4. The van der Waals surface area contributed by atoms with Crippen LogP contribution in [0.4, 0.5) is 0 Å². The maximum atomic E-state index is 12.8. The van der Waals surface area contributed by atoms with Crippen LogP contribution < -0.4 is 24.3 Å². The highest BCUT2D eigenvalue weighted by Gasteiger charge is 2.16. The zero-order valence-electron chi connectivity index (χ0n) is 18.2. The van der Waals surface area contributed by atoms with E-state index in [0.717, 1.165) is 11.1 Å². The van der Waals surface area contributed by atoms with Crippen molar-refractivity contribution in [2.75, 3.05) is 21.3 Å². The van der Waals surface area contributed by atoms with Gasteiger partial charge in [0.25, 0.3) is 5.91 Å². The number of nitrogens with one attached hydrogen (secondary N) is 1. The van der Waals surface area contributed by atoms with Crippen molar-refractivity contribution in [3.05, 3.63) is 83.4 Å². The number of methoxy groups -OCH3 is 3. The Labute approximate surface area is 182 Å². The molecule has 0 bridgehead atoms. The molecule has 0 aliphatic rings. The van der Waals surface area contributed by atoms with Gasteiger partial charge in [-0.05, 0) is 48.4 Å². The zero-order valence-corrected chi connectivity index (χ0v) is 18.2. The first kappa shape index (κ1) is 22.0. The average molecular weight is 421 g/mol. The molecule has 1 amide bonds. The van der Waals surface area contributed by atoms with Gasteiger partial charge < -0.3 is 24.3 Å². The van der Waals surface area contributed by atoms with Gasteiger partial charge in [0.1, 0.15) is 6.61 Å². The van der Waals surface area contributed by atoms with Crippen LogP contribution >= 0.6 is 0 Å². The summed E-state index contributed by atoms with van der Waals surface area (Å²) < 4.78 is 21.9. The van der Waals surface area contributed by atoms with Crippen molar-refractivity contribution in [2.45, 2.75) is 19.6 Å². The van der Waals surface area contributed by atoms with Gasteiger partial charge in [0, 0.05) is 5.56 Å². The van der Waals surface area contributed by atoms with Crippen LogP contribution in [0.2, 0.25) is 0 Å². The molecule has 0 saturated heterocycles. The smallest absolute Gasteiger partial charge is 0.251 e. The highest BCUT2D eigenvalue weighted by Crippen LogP contribution is 2.31. The van der Waals surface area contributed by atoms with E-state index in [9.17, 15) is 4.79 Å². The van der Waals surface area contributed by atoms with Crippen molar-refractivity contribution in [1.29, 1.82) is 0 Å². The number of carbonyl (C=O) groups is 1. The van der Waals surface area contributed by atoms with Gasteiger partial charge in [-0.3, -0.25) is 4.79 Å². The van der Waals surface area contributed by atoms with Crippen LogP contribution in [-0.4, -0.2) is 27.2 Å². The zero-order chi connectivity index (χ0) is 22.2. The summed E-state index contributed by atoms with van der Waals surface area (Å²) in [5.74, 6) is 2.12. The average Bonchev–Trinajstić information content (AvgIpc) is 2.82. The molecule has 0 aliphatic heterocycles. The molecule has 0 spiro atoms. The first-order valence-electron chi connectivity index (χ1n) is 9.93. The van der Waals surface area contributed by atoms with Gasteiger partial charge in [-0.25, -0.2) is 0 Å². The molecule has 1 N–H and O–H groups in total. The molecular formula is C25H27NO5. The maximum Gasteiger partial charge on any atom is 0.251 e. The van der Waals surface area contributed by atoms with Gasteiger partial charge in [0.15, 0.2) is 23.0 Å². The Hall–Kier alpha value is -3.67. The number of carbonyl (C=O) groups excluding carboxylic acids is 1. The van der Waals surface area contributed by atoms with Gasteiger partial charge in [-0.1, -0.05) is 36.4 Å². The predicted molar refractivity (Wildman–Crippen MR) is 119 cm³/mol. The van der Waals surface area contributed by atoms with Crippen LogP contribution in [0.15, 0.2) is 66.7 Å². The lowest BCUT2D eigenvalue weighted by Gasteiger charge is -2.17. The minimum Gasteiger partial charge on any atom is -0.493 e. The van der Waals surface area contributed by atoms with Gasteiger partial charge in [0.2, 0.25) is 0 Å². The largest absolute Gasteiger partial charge is 0.493 e. The summed E-state index contributed by atoms with van der Waals surface area (Å²) in [7, 11) is 4.72. The van der Waals surface area contributed by atoms with Crippen molar-refractivity contribution >= 4 is 5.91 Å². The van der Waals surface area contributed by atoms with E-state index in [1.54, 1.807) is 39.5 Å². The summed E-state index contributed by atoms with van der Waals surface area (Å²) >= 11 is 0. The standard InChI is InChI=1S/C25H27NO5/c1-17(19-10-12-21(28-2)23(14-19)29-3)26-25(27)20-11-13-22(24(15-20)30-4)31-16-18-8-6-5-7-9-18/h5-15,17H,16H2,1-4H3,(H,26,27). The highest BCUT2D eigenvalue weighted by molar-refractivity contribution is 5.95. The van der Waals surface area contributed by atoms with Gasteiger partial charge in [-0.15, -0.1) is 0 Å². The summed E-state index contributed by atoms with van der Waals surface area (Å²) in [6.07, 6.45) is 0. The van der Waals surface area contributed by atoms with Crippen LogP contribution in [0.5, 0.6) is 23.0 Å². The topological polar surface area (TPSA) is 66.0 Å². The van der Waals surface area contributed by atoms with E-state index in [1.165, 1.54) is 0 Å². The maximum absolute atomic E-state index is 12.8. The number of ether oxygens (including phenoxy) is 4. The van der Waals surface area contributed by atoms with Gasteiger partial charge in [-0.2, -0.15) is 0 Å². The fraction of sp³-hybridized carbons (Fsp3) is 0.240. The SMILES string of the molecule is COc1ccc(C(C)NC(=O)c2ccc(OCc3ccccc3)c(OC)c2)cc1OC.